The Morgan fingerprint density at radius 2 is 1.85 bits per heavy atom. The normalized spacial score (nSPS) is 11.0. The van der Waals surface area contributed by atoms with Crippen molar-refractivity contribution in [1.29, 1.82) is 0 Å². The predicted molar refractivity (Wildman–Crippen MR) is 132 cm³/mol. The summed E-state index contributed by atoms with van der Waals surface area (Å²) in [7, 11) is 1.61. The Balaban J connectivity index is 1.55. The molecule has 0 fully saturated rings. The van der Waals surface area contributed by atoms with E-state index in [2.05, 4.69) is 15.3 Å². The fraction of sp³-hybridized carbons (Fsp3) is 0.0741. The van der Waals surface area contributed by atoms with Crippen molar-refractivity contribution in [3.63, 3.8) is 0 Å². The van der Waals surface area contributed by atoms with Gasteiger partial charge in [-0.1, -0.05) is 24.3 Å². The average Bonchev–Trinajstić information content (AvgIpc) is 3.25. The number of hydrogen-bond donors (Lipinski definition) is 3. The maximum atomic E-state index is 12.7. The molecule has 7 heteroatoms. The molecule has 0 atom stereocenters. The standard InChI is InChI=1S/C27H22N4O3/c1-34-20-7-4-5-16(11-20)18-12-22-21-9-8-17(27(33)30-15-19-6-2-3-10-29-19)14-24(21)31-25(22)23(13-18)26(28)32/h2-14,31H,15H2,1H3,(H2,28,32)(H,30,33). The van der Waals surface area contributed by atoms with Gasteiger partial charge in [-0.15, -0.1) is 0 Å². The Morgan fingerprint density at radius 3 is 2.62 bits per heavy atom. The molecular weight excluding hydrogens is 428 g/mol. The molecule has 4 N–H and O–H groups in total. The number of aromatic amines is 1. The Labute approximate surface area is 195 Å². The van der Waals surface area contributed by atoms with E-state index in [1.54, 1.807) is 31.5 Å². The molecule has 168 valence electrons. The lowest BCUT2D eigenvalue weighted by atomic mass is 9.98. The highest BCUT2D eigenvalue weighted by Gasteiger charge is 2.16. The molecule has 0 radical (unpaired) electrons. The number of fused-ring (bicyclic) bond motifs is 3. The number of hydrogen-bond acceptors (Lipinski definition) is 4. The van der Waals surface area contributed by atoms with Crippen molar-refractivity contribution in [3.8, 4) is 16.9 Å². The van der Waals surface area contributed by atoms with Gasteiger partial charge < -0.3 is 20.8 Å². The first-order valence-electron chi connectivity index (χ1n) is 10.8. The zero-order valence-corrected chi connectivity index (χ0v) is 18.5. The number of ether oxygens (including phenoxy) is 1. The summed E-state index contributed by atoms with van der Waals surface area (Å²) in [5, 5.41) is 4.63. The minimum atomic E-state index is -0.533. The third-order valence-electron chi connectivity index (χ3n) is 5.79. The van der Waals surface area contributed by atoms with Crippen molar-refractivity contribution in [1.82, 2.24) is 15.3 Å². The lowest BCUT2D eigenvalue weighted by Gasteiger charge is -2.08. The van der Waals surface area contributed by atoms with Gasteiger partial charge in [-0.25, -0.2) is 0 Å². The van der Waals surface area contributed by atoms with Gasteiger partial charge in [-0.05, 0) is 59.7 Å². The van der Waals surface area contributed by atoms with Crippen molar-refractivity contribution in [2.45, 2.75) is 6.54 Å². The summed E-state index contributed by atoms with van der Waals surface area (Å²) in [4.78, 5) is 32.5. The molecule has 0 bridgehead atoms. The fourth-order valence-electron chi connectivity index (χ4n) is 4.09. The van der Waals surface area contributed by atoms with Crippen LogP contribution in [0.4, 0.5) is 0 Å². The van der Waals surface area contributed by atoms with E-state index < -0.39 is 5.91 Å². The van der Waals surface area contributed by atoms with Crippen LogP contribution in [-0.2, 0) is 6.54 Å². The van der Waals surface area contributed by atoms with Crippen LogP contribution in [0.5, 0.6) is 5.75 Å². The molecule has 34 heavy (non-hydrogen) atoms. The number of amides is 2. The summed E-state index contributed by atoms with van der Waals surface area (Å²) in [6.45, 7) is 0.333. The topological polar surface area (TPSA) is 110 Å². The number of primary amides is 1. The third kappa shape index (κ3) is 3.95. The lowest BCUT2D eigenvalue weighted by molar-refractivity contribution is 0.0949. The number of aromatic nitrogens is 2. The van der Waals surface area contributed by atoms with Crippen molar-refractivity contribution in [2.75, 3.05) is 7.11 Å². The van der Waals surface area contributed by atoms with E-state index in [4.69, 9.17) is 10.5 Å². The molecule has 0 saturated heterocycles. The lowest BCUT2D eigenvalue weighted by Crippen LogP contribution is -2.23. The van der Waals surface area contributed by atoms with Crippen LogP contribution in [0, 0.1) is 0 Å². The highest BCUT2D eigenvalue weighted by molar-refractivity contribution is 6.17. The summed E-state index contributed by atoms with van der Waals surface area (Å²) in [6.07, 6.45) is 1.69. The van der Waals surface area contributed by atoms with E-state index in [0.29, 0.717) is 23.2 Å². The van der Waals surface area contributed by atoms with Gasteiger partial charge in [0, 0.05) is 28.0 Å². The van der Waals surface area contributed by atoms with Crippen molar-refractivity contribution < 1.29 is 14.3 Å². The number of carbonyl (C=O) groups excluding carboxylic acids is 2. The third-order valence-corrected chi connectivity index (χ3v) is 5.79. The SMILES string of the molecule is COc1cccc(-c2cc(C(N)=O)c3[nH]c4cc(C(=O)NCc5ccccn5)ccc4c3c2)c1. The summed E-state index contributed by atoms with van der Waals surface area (Å²) in [5.41, 5.74) is 10.5. The van der Waals surface area contributed by atoms with Gasteiger partial charge in [0.2, 0.25) is 0 Å². The molecule has 0 aliphatic heterocycles. The van der Waals surface area contributed by atoms with Crippen LogP contribution < -0.4 is 15.8 Å². The highest BCUT2D eigenvalue weighted by atomic mass is 16.5. The number of nitrogens with two attached hydrogens (primary N) is 1. The predicted octanol–water partition coefficient (Wildman–Crippen LogP) is 4.42. The zero-order valence-electron chi connectivity index (χ0n) is 18.5. The Morgan fingerprint density at radius 1 is 0.971 bits per heavy atom. The second-order valence-corrected chi connectivity index (χ2v) is 7.93. The number of carbonyl (C=O) groups is 2. The van der Waals surface area contributed by atoms with Crippen LogP contribution in [0.3, 0.4) is 0 Å². The number of methoxy groups -OCH3 is 1. The van der Waals surface area contributed by atoms with Gasteiger partial charge in [-0.3, -0.25) is 14.6 Å². The molecule has 0 spiro atoms. The number of nitrogens with one attached hydrogen (secondary N) is 2. The van der Waals surface area contributed by atoms with Crippen LogP contribution >= 0.6 is 0 Å². The van der Waals surface area contributed by atoms with E-state index >= 15 is 0 Å². The van der Waals surface area contributed by atoms with Gasteiger partial charge in [0.15, 0.2) is 0 Å². The molecular formula is C27H22N4O3. The summed E-state index contributed by atoms with van der Waals surface area (Å²) in [5.74, 6) is -0.0217. The molecule has 5 rings (SSSR count). The maximum Gasteiger partial charge on any atom is 0.251 e. The quantitative estimate of drug-likeness (QED) is 0.356. The summed E-state index contributed by atoms with van der Waals surface area (Å²) in [6, 6.07) is 22.4. The van der Waals surface area contributed by atoms with Gasteiger partial charge in [0.1, 0.15) is 5.75 Å². The largest absolute Gasteiger partial charge is 0.497 e. The first-order chi connectivity index (χ1) is 16.5. The zero-order chi connectivity index (χ0) is 23.7. The van der Waals surface area contributed by atoms with E-state index in [-0.39, 0.29) is 5.91 Å². The number of pyridine rings is 1. The molecule has 0 aliphatic rings. The van der Waals surface area contributed by atoms with Gasteiger partial charge in [0.25, 0.3) is 11.8 Å². The van der Waals surface area contributed by atoms with Crippen LogP contribution in [0.25, 0.3) is 32.9 Å². The Kier molecular flexibility index (Phi) is 5.43. The second kappa shape index (κ2) is 8.71. The number of benzene rings is 3. The number of rotatable bonds is 6. The van der Waals surface area contributed by atoms with Gasteiger partial charge in [-0.2, -0.15) is 0 Å². The molecule has 7 nitrogen and oxygen atoms in total. The molecule has 2 heterocycles. The van der Waals surface area contributed by atoms with Crippen molar-refractivity contribution in [3.05, 3.63) is 95.8 Å². The first kappa shape index (κ1) is 21.2. The summed E-state index contributed by atoms with van der Waals surface area (Å²) < 4.78 is 5.34. The molecule has 0 aliphatic carbocycles. The number of nitrogens with zero attached hydrogens (tertiary/aromatic N) is 1. The second-order valence-electron chi connectivity index (χ2n) is 7.93. The van der Waals surface area contributed by atoms with E-state index in [0.717, 1.165) is 38.9 Å². The van der Waals surface area contributed by atoms with Crippen LogP contribution in [0.2, 0.25) is 0 Å². The maximum absolute atomic E-state index is 12.7. The Hall–Kier alpha value is -4.65. The molecule has 0 saturated carbocycles. The van der Waals surface area contributed by atoms with Crippen molar-refractivity contribution >= 4 is 33.6 Å². The van der Waals surface area contributed by atoms with Crippen molar-refractivity contribution in [2.24, 2.45) is 5.73 Å². The van der Waals surface area contributed by atoms with Crippen LogP contribution in [0.1, 0.15) is 26.4 Å². The van der Waals surface area contributed by atoms with E-state index in [9.17, 15) is 9.59 Å². The number of H-pyrrole nitrogens is 1. The average molecular weight is 450 g/mol. The van der Waals surface area contributed by atoms with Crippen LogP contribution in [-0.4, -0.2) is 28.9 Å². The molecule has 2 aromatic heterocycles. The van der Waals surface area contributed by atoms with Gasteiger partial charge >= 0.3 is 0 Å². The molecule has 2 amide bonds. The van der Waals surface area contributed by atoms with Crippen LogP contribution in [0.15, 0.2) is 79.0 Å². The first-order valence-corrected chi connectivity index (χ1v) is 10.8. The molecule has 0 unspecified atom stereocenters. The van der Waals surface area contributed by atoms with E-state index in [1.807, 2.05) is 54.6 Å². The fourth-order valence-corrected chi connectivity index (χ4v) is 4.09. The van der Waals surface area contributed by atoms with E-state index in [1.165, 1.54) is 0 Å². The molecule has 3 aromatic carbocycles. The Bertz CT molecular complexity index is 1540. The van der Waals surface area contributed by atoms with Gasteiger partial charge in [0.05, 0.1) is 30.4 Å². The highest BCUT2D eigenvalue weighted by Crippen LogP contribution is 2.34. The smallest absolute Gasteiger partial charge is 0.251 e. The minimum Gasteiger partial charge on any atom is -0.497 e. The minimum absolute atomic E-state index is 0.210. The monoisotopic (exact) mass is 450 g/mol. The summed E-state index contributed by atoms with van der Waals surface area (Å²) >= 11 is 0. The molecule has 5 aromatic rings.